The average molecular weight is 371 g/mol. The molecule has 0 aliphatic carbocycles. The molecule has 7 heteroatoms. The summed E-state index contributed by atoms with van der Waals surface area (Å²) in [5.74, 6) is 0.303. The molecule has 0 aliphatic heterocycles. The topological polar surface area (TPSA) is 81.4 Å². The van der Waals surface area contributed by atoms with Crippen molar-refractivity contribution >= 4 is 37.3 Å². The second kappa shape index (κ2) is 6.36. The number of rotatable bonds is 5. The molecular formula is C14H15BrN2O3S. The summed E-state index contributed by atoms with van der Waals surface area (Å²) in [5.41, 5.74) is 6.53. The number of sulfonamides is 1. The lowest BCUT2D eigenvalue weighted by Gasteiger charge is -2.13. The van der Waals surface area contributed by atoms with E-state index in [1.807, 2.05) is 0 Å². The van der Waals surface area contributed by atoms with Crippen LogP contribution in [-0.2, 0) is 10.0 Å². The smallest absolute Gasteiger partial charge is 0.265 e. The van der Waals surface area contributed by atoms with Crippen molar-refractivity contribution in [3.8, 4) is 5.75 Å². The monoisotopic (exact) mass is 370 g/mol. The molecule has 3 N–H and O–H groups in total. The van der Waals surface area contributed by atoms with Crippen molar-refractivity contribution in [2.45, 2.75) is 11.8 Å². The minimum absolute atomic E-state index is 0.0705. The van der Waals surface area contributed by atoms with E-state index in [0.717, 1.165) is 0 Å². The second-order valence-corrected chi connectivity index (χ2v) is 6.82. The van der Waals surface area contributed by atoms with Crippen molar-refractivity contribution in [3.63, 3.8) is 0 Å². The summed E-state index contributed by atoms with van der Waals surface area (Å²) in [6.07, 6.45) is 0. The molecule has 0 unspecified atom stereocenters. The van der Waals surface area contributed by atoms with Crippen molar-refractivity contribution in [1.29, 1.82) is 0 Å². The van der Waals surface area contributed by atoms with E-state index in [-0.39, 0.29) is 4.90 Å². The Balaban J connectivity index is 2.41. The number of nitrogen functional groups attached to an aromatic ring is 1. The van der Waals surface area contributed by atoms with Crippen LogP contribution in [0.25, 0.3) is 0 Å². The fourth-order valence-electron chi connectivity index (χ4n) is 1.78. The van der Waals surface area contributed by atoms with Crippen molar-refractivity contribution in [2.75, 3.05) is 17.1 Å². The van der Waals surface area contributed by atoms with Gasteiger partial charge >= 0.3 is 0 Å². The van der Waals surface area contributed by atoms with E-state index in [0.29, 0.717) is 28.2 Å². The van der Waals surface area contributed by atoms with Crippen LogP contribution >= 0.6 is 15.9 Å². The lowest BCUT2D eigenvalue weighted by atomic mass is 10.3. The normalized spacial score (nSPS) is 11.1. The van der Waals surface area contributed by atoms with E-state index >= 15 is 0 Å². The molecule has 0 aromatic heterocycles. The standard InChI is InChI=1S/C14H15BrN2O3S/c1-2-20-13-7-6-10(15)8-14(13)21(18,19)17-12-5-3-4-11(16)9-12/h3-9,17H,2,16H2,1H3. The van der Waals surface area contributed by atoms with Gasteiger partial charge in [0, 0.05) is 10.2 Å². The molecule has 21 heavy (non-hydrogen) atoms. The summed E-state index contributed by atoms with van der Waals surface area (Å²) in [6.45, 7) is 2.17. The maximum Gasteiger partial charge on any atom is 0.265 e. The van der Waals surface area contributed by atoms with Crippen LogP contribution in [0.2, 0.25) is 0 Å². The average Bonchev–Trinajstić information content (AvgIpc) is 2.40. The first-order chi connectivity index (χ1) is 9.92. The number of halogens is 1. The highest BCUT2D eigenvalue weighted by Crippen LogP contribution is 2.29. The van der Waals surface area contributed by atoms with Crippen molar-refractivity contribution in [2.24, 2.45) is 0 Å². The molecule has 2 rings (SSSR count). The first-order valence-electron chi connectivity index (χ1n) is 6.23. The Morgan fingerprint density at radius 3 is 2.67 bits per heavy atom. The van der Waals surface area contributed by atoms with Gasteiger partial charge in [-0.3, -0.25) is 4.72 Å². The largest absolute Gasteiger partial charge is 0.492 e. The van der Waals surface area contributed by atoms with Gasteiger partial charge in [-0.1, -0.05) is 22.0 Å². The van der Waals surface area contributed by atoms with Gasteiger partial charge in [0.2, 0.25) is 0 Å². The molecule has 5 nitrogen and oxygen atoms in total. The predicted octanol–water partition coefficient (Wildman–Crippen LogP) is 3.23. The summed E-state index contributed by atoms with van der Waals surface area (Å²) < 4.78 is 33.5. The number of hydrogen-bond donors (Lipinski definition) is 2. The lowest BCUT2D eigenvalue weighted by molar-refractivity contribution is 0.331. The van der Waals surface area contributed by atoms with Gasteiger partial charge in [-0.2, -0.15) is 0 Å². The van der Waals surface area contributed by atoms with E-state index in [9.17, 15) is 8.42 Å². The zero-order valence-corrected chi connectivity index (χ0v) is 13.7. The third kappa shape index (κ3) is 3.89. The van der Waals surface area contributed by atoms with Gasteiger partial charge < -0.3 is 10.5 Å². The minimum atomic E-state index is -3.77. The summed E-state index contributed by atoms with van der Waals surface area (Å²) in [6, 6.07) is 11.4. The summed E-state index contributed by atoms with van der Waals surface area (Å²) in [4.78, 5) is 0.0705. The van der Waals surface area contributed by atoms with Gasteiger partial charge in [-0.05, 0) is 43.3 Å². The highest BCUT2D eigenvalue weighted by atomic mass is 79.9. The number of ether oxygens (including phenoxy) is 1. The molecular weight excluding hydrogens is 356 g/mol. The van der Waals surface area contributed by atoms with Gasteiger partial charge in [0.1, 0.15) is 10.6 Å². The molecule has 0 bridgehead atoms. The molecule has 0 heterocycles. The van der Waals surface area contributed by atoms with Crippen molar-refractivity contribution in [3.05, 3.63) is 46.9 Å². The molecule has 2 aromatic carbocycles. The minimum Gasteiger partial charge on any atom is -0.492 e. The summed E-state index contributed by atoms with van der Waals surface area (Å²) in [7, 11) is -3.77. The third-order valence-corrected chi connectivity index (χ3v) is 4.53. The maximum atomic E-state index is 12.5. The number of nitrogens with one attached hydrogen (secondary N) is 1. The molecule has 0 fully saturated rings. The van der Waals surface area contributed by atoms with Gasteiger partial charge in [-0.15, -0.1) is 0 Å². The molecule has 2 aromatic rings. The first kappa shape index (κ1) is 15.7. The Morgan fingerprint density at radius 1 is 1.24 bits per heavy atom. The van der Waals surface area contributed by atoms with Crippen molar-refractivity contribution in [1.82, 2.24) is 0 Å². The Hall–Kier alpha value is -1.73. The van der Waals surface area contributed by atoms with Crippen LogP contribution in [0, 0.1) is 0 Å². The fraction of sp³-hybridized carbons (Fsp3) is 0.143. The Bertz CT molecular complexity index is 748. The van der Waals surface area contributed by atoms with Crippen LogP contribution in [0.3, 0.4) is 0 Å². The zero-order chi connectivity index (χ0) is 15.5. The molecule has 0 radical (unpaired) electrons. The molecule has 0 saturated carbocycles. The van der Waals surface area contributed by atoms with Crippen LogP contribution in [0.1, 0.15) is 6.92 Å². The van der Waals surface area contributed by atoms with Gasteiger partial charge in [-0.25, -0.2) is 8.42 Å². The van der Waals surface area contributed by atoms with E-state index in [1.54, 1.807) is 43.3 Å². The lowest BCUT2D eigenvalue weighted by Crippen LogP contribution is -2.14. The number of hydrogen-bond acceptors (Lipinski definition) is 4. The Kier molecular flexibility index (Phi) is 4.74. The molecule has 112 valence electrons. The fourth-order valence-corrected chi connectivity index (χ4v) is 3.51. The predicted molar refractivity (Wildman–Crippen MR) is 87.0 cm³/mol. The molecule has 0 amide bonds. The maximum absolute atomic E-state index is 12.5. The Morgan fingerprint density at radius 2 is 2.00 bits per heavy atom. The molecule has 0 atom stereocenters. The quantitative estimate of drug-likeness (QED) is 0.791. The second-order valence-electron chi connectivity index (χ2n) is 4.26. The van der Waals surface area contributed by atoms with Crippen LogP contribution in [0.15, 0.2) is 51.8 Å². The van der Waals surface area contributed by atoms with Crippen molar-refractivity contribution < 1.29 is 13.2 Å². The van der Waals surface area contributed by atoms with Crippen LogP contribution in [0.5, 0.6) is 5.75 Å². The first-order valence-corrected chi connectivity index (χ1v) is 8.50. The highest BCUT2D eigenvalue weighted by molar-refractivity contribution is 9.10. The van der Waals surface area contributed by atoms with E-state index in [2.05, 4.69) is 20.7 Å². The highest BCUT2D eigenvalue weighted by Gasteiger charge is 2.20. The number of nitrogens with two attached hydrogens (primary N) is 1. The van der Waals surface area contributed by atoms with Gasteiger partial charge in [0.15, 0.2) is 0 Å². The van der Waals surface area contributed by atoms with E-state index < -0.39 is 10.0 Å². The molecule has 0 spiro atoms. The van der Waals surface area contributed by atoms with Crippen LogP contribution in [-0.4, -0.2) is 15.0 Å². The molecule has 0 saturated heterocycles. The number of anilines is 2. The van der Waals surface area contributed by atoms with E-state index in [1.165, 1.54) is 6.07 Å². The number of benzene rings is 2. The summed E-state index contributed by atoms with van der Waals surface area (Å²) >= 11 is 3.27. The van der Waals surface area contributed by atoms with E-state index in [4.69, 9.17) is 10.5 Å². The summed E-state index contributed by atoms with van der Waals surface area (Å²) in [5, 5.41) is 0. The van der Waals surface area contributed by atoms with Gasteiger partial charge in [0.25, 0.3) is 10.0 Å². The SMILES string of the molecule is CCOc1ccc(Br)cc1S(=O)(=O)Nc1cccc(N)c1. The Labute approximate surface area is 132 Å². The molecule has 0 aliphatic rings. The zero-order valence-electron chi connectivity index (χ0n) is 11.3. The third-order valence-electron chi connectivity index (χ3n) is 2.63. The van der Waals surface area contributed by atoms with Crippen LogP contribution in [0.4, 0.5) is 11.4 Å². The van der Waals surface area contributed by atoms with Gasteiger partial charge in [0.05, 0.1) is 12.3 Å². The van der Waals surface area contributed by atoms with Crippen LogP contribution < -0.4 is 15.2 Å².